The number of benzene rings is 1. The highest BCUT2D eigenvalue weighted by Crippen LogP contribution is 2.09. The van der Waals surface area contributed by atoms with E-state index in [0.717, 1.165) is 38.0 Å². The van der Waals surface area contributed by atoms with Gasteiger partial charge in [-0.3, -0.25) is 0 Å². The predicted molar refractivity (Wildman–Crippen MR) is 59.1 cm³/mol. The maximum Gasteiger partial charge on any atom is 0.123 e. The molecule has 1 fully saturated rings. The molecule has 3 heteroatoms. The van der Waals surface area contributed by atoms with Gasteiger partial charge in [0, 0.05) is 19.1 Å². The van der Waals surface area contributed by atoms with Crippen molar-refractivity contribution < 1.29 is 4.39 Å². The summed E-state index contributed by atoms with van der Waals surface area (Å²) in [4.78, 5) is 2.34. The number of hydrogen-bond donors (Lipinski definition) is 1. The van der Waals surface area contributed by atoms with Gasteiger partial charge in [-0.05, 0) is 37.1 Å². The number of halogens is 1. The van der Waals surface area contributed by atoms with Gasteiger partial charge < -0.3 is 10.6 Å². The number of nitrogens with two attached hydrogens (primary N) is 1. The fraction of sp³-hybridized carbons (Fsp3) is 0.500. The number of likely N-dealkylation sites (tertiary alicyclic amines) is 1. The minimum absolute atomic E-state index is 0.148. The summed E-state index contributed by atoms with van der Waals surface area (Å²) >= 11 is 0. The highest BCUT2D eigenvalue weighted by atomic mass is 19.1. The van der Waals surface area contributed by atoms with Crippen LogP contribution in [0.2, 0.25) is 0 Å². The molecule has 1 atom stereocenters. The van der Waals surface area contributed by atoms with E-state index >= 15 is 0 Å². The van der Waals surface area contributed by atoms with E-state index in [0.29, 0.717) is 6.04 Å². The Morgan fingerprint density at radius 3 is 3.00 bits per heavy atom. The fourth-order valence-electron chi connectivity index (χ4n) is 2.05. The van der Waals surface area contributed by atoms with E-state index < -0.39 is 0 Å². The minimum atomic E-state index is -0.148. The molecule has 0 spiro atoms. The van der Waals surface area contributed by atoms with Crippen LogP contribution in [0.4, 0.5) is 4.39 Å². The molecule has 82 valence electrons. The summed E-state index contributed by atoms with van der Waals surface area (Å²) in [7, 11) is 0. The zero-order valence-electron chi connectivity index (χ0n) is 8.82. The molecule has 0 amide bonds. The zero-order chi connectivity index (χ0) is 10.7. The van der Waals surface area contributed by atoms with Gasteiger partial charge in [-0.1, -0.05) is 12.1 Å². The minimum Gasteiger partial charge on any atom is -0.326 e. The van der Waals surface area contributed by atoms with Gasteiger partial charge in [0.25, 0.3) is 0 Å². The highest BCUT2D eigenvalue weighted by Gasteiger charge is 2.18. The lowest BCUT2D eigenvalue weighted by Gasteiger charge is -2.14. The van der Waals surface area contributed by atoms with Gasteiger partial charge in [-0.25, -0.2) is 4.39 Å². The molecule has 0 bridgehead atoms. The normalized spacial score (nSPS) is 22.1. The molecule has 1 aromatic carbocycles. The van der Waals surface area contributed by atoms with Crippen molar-refractivity contribution in [2.24, 2.45) is 5.73 Å². The van der Waals surface area contributed by atoms with Crippen molar-refractivity contribution in [1.29, 1.82) is 0 Å². The van der Waals surface area contributed by atoms with Crippen LogP contribution in [0.3, 0.4) is 0 Å². The lowest BCUT2D eigenvalue weighted by Crippen LogP contribution is -2.28. The second kappa shape index (κ2) is 4.73. The van der Waals surface area contributed by atoms with Gasteiger partial charge in [-0.2, -0.15) is 0 Å². The standard InChI is InChI=1S/C12H17FN2/c13-11-3-1-2-10(8-11)4-6-15-7-5-12(14)9-15/h1-3,8,12H,4-7,9,14H2. The van der Waals surface area contributed by atoms with Crippen molar-refractivity contribution in [3.63, 3.8) is 0 Å². The molecule has 0 radical (unpaired) electrons. The van der Waals surface area contributed by atoms with Crippen LogP contribution in [0, 0.1) is 5.82 Å². The first-order valence-corrected chi connectivity index (χ1v) is 5.46. The molecule has 1 aromatic rings. The maximum atomic E-state index is 12.9. The first-order chi connectivity index (χ1) is 7.24. The van der Waals surface area contributed by atoms with Crippen molar-refractivity contribution in [3.8, 4) is 0 Å². The Balaban J connectivity index is 1.83. The Morgan fingerprint density at radius 1 is 1.47 bits per heavy atom. The average Bonchev–Trinajstić information content (AvgIpc) is 2.62. The third-order valence-electron chi connectivity index (χ3n) is 2.91. The van der Waals surface area contributed by atoms with Gasteiger partial charge in [0.05, 0.1) is 0 Å². The third kappa shape index (κ3) is 3.01. The number of nitrogens with zero attached hydrogens (tertiary/aromatic N) is 1. The van der Waals surface area contributed by atoms with Crippen LogP contribution in [0.25, 0.3) is 0 Å². The van der Waals surface area contributed by atoms with E-state index in [4.69, 9.17) is 5.73 Å². The number of rotatable bonds is 3. The summed E-state index contributed by atoms with van der Waals surface area (Å²) in [5.74, 6) is -0.148. The van der Waals surface area contributed by atoms with Gasteiger partial charge >= 0.3 is 0 Å². The quantitative estimate of drug-likeness (QED) is 0.813. The summed E-state index contributed by atoms with van der Waals surface area (Å²) in [5, 5.41) is 0. The molecule has 15 heavy (non-hydrogen) atoms. The highest BCUT2D eigenvalue weighted by molar-refractivity contribution is 5.16. The Bertz CT molecular complexity index is 327. The molecule has 0 saturated carbocycles. The summed E-state index contributed by atoms with van der Waals surface area (Å²) in [6.45, 7) is 3.04. The van der Waals surface area contributed by atoms with Gasteiger partial charge in [0.1, 0.15) is 5.82 Å². The molecule has 1 aliphatic heterocycles. The zero-order valence-corrected chi connectivity index (χ0v) is 8.82. The Hall–Kier alpha value is -0.930. The topological polar surface area (TPSA) is 29.3 Å². The largest absolute Gasteiger partial charge is 0.326 e. The van der Waals surface area contributed by atoms with Crippen LogP contribution in [-0.2, 0) is 6.42 Å². The van der Waals surface area contributed by atoms with Crippen molar-refractivity contribution in [2.75, 3.05) is 19.6 Å². The number of hydrogen-bond acceptors (Lipinski definition) is 2. The van der Waals surface area contributed by atoms with Crippen molar-refractivity contribution >= 4 is 0 Å². The summed E-state index contributed by atoms with van der Waals surface area (Å²) in [5.41, 5.74) is 6.88. The van der Waals surface area contributed by atoms with Crippen LogP contribution < -0.4 is 5.73 Å². The molecular formula is C12H17FN2. The van der Waals surface area contributed by atoms with Gasteiger partial charge in [-0.15, -0.1) is 0 Å². The maximum absolute atomic E-state index is 12.9. The lowest BCUT2D eigenvalue weighted by atomic mass is 10.1. The van der Waals surface area contributed by atoms with E-state index in [1.807, 2.05) is 6.07 Å². The molecule has 1 aliphatic rings. The SMILES string of the molecule is NC1CCN(CCc2cccc(F)c2)C1. The van der Waals surface area contributed by atoms with Crippen LogP contribution in [-0.4, -0.2) is 30.6 Å². The molecule has 2 nitrogen and oxygen atoms in total. The first kappa shape index (κ1) is 10.6. The average molecular weight is 208 g/mol. The van der Waals surface area contributed by atoms with Crippen LogP contribution in [0.15, 0.2) is 24.3 Å². The van der Waals surface area contributed by atoms with E-state index in [1.54, 1.807) is 12.1 Å². The van der Waals surface area contributed by atoms with E-state index in [9.17, 15) is 4.39 Å². The smallest absolute Gasteiger partial charge is 0.123 e. The molecule has 2 N–H and O–H groups in total. The van der Waals surface area contributed by atoms with Crippen molar-refractivity contribution in [3.05, 3.63) is 35.6 Å². The second-order valence-electron chi connectivity index (χ2n) is 4.23. The van der Waals surface area contributed by atoms with E-state index in [-0.39, 0.29) is 5.82 Å². The molecule has 2 rings (SSSR count). The van der Waals surface area contributed by atoms with Crippen LogP contribution in [0.1, 0.15) is 12.0 Å². The molecular weight excluding hydrogens is 191 g/mol. The summed E-state index contributed by atoms with van der Waals surface area (Å²) in [6, 6.07) is 7.16. The van der Waals surface area contributed by atoms with Crippen LogP contribution in [0.5, 0.6) is 0 Å². The Labute approximate surface area is 89.9 Å². The summed E-state index contributed by atoms with van der Waals surface area (Å²) < 4.78 is 12.9. The van der Waals surface area contributed by atoms with Crippen LogP contribution >= 0.6 is 0 Å². The van der Waals surface area contributed by atoms with E-state index in [2.05, 4.69) is 4.90 Å². The molecule has 0 aromatic heterocycles. The summed E-state index contributed by atoms with van der Waals surface area (Å²) in [6.07, 6.45) is 1.99. The molecule has 1 heterocycles. The fourth-order valence-corrected chi connectivity index (χ4v) is 2.05. The monoisotopic (exact) mass is 208 g/mol. The Kier molecular flexibility index (Phi) is 3.34. The lowest BCUT2D eigenvalue weighted by molar-refractivity contribution is 0.339. The van der Waals surface area contributed by atoms with Gasteiger partial charge in [0.2, 0.25) is 0 Å². The molecule has 0 aliphatic carbocycles. The third-order valence-corrected chi connectivity index (χ3v) is 2.91. The van der Waals surface area contributed by atoms with E-state index in [1.165, 1.54) is 6.07 Å². The molecule has 1 saturated heterocycles. The second-order valence-corrected chi connectivity index (χ2v) is 4.23. The van der Waals surface area contributed by atoms with Gasteiger partial charge in [0.15, 0.2) is 0 Å². The predicted octanol–water partition coefficient (Wildman–Crippen LogP) is 1.40. The van der Waals surface area contributed by atoms with Crippen molar-refractivity contribution in [2.45, 2.75) is 18.9 Å². The first-order valence-electron chi connectivity index (χ1n) is 5.46. The van der Waals surface area contributed by atoms with Crippen molar-refractivity contribution in [1.82, 2.24) is 4.90 Å². The Morgan fingerprint density at radius 2 is 2.33 bits per heavy atom. The molecule has 1 unspecified atom stereocenters.